The SMILES string of the molecule is CN=C(NCc1ccc(C(=O)NC)cc1)NCC1(c2cccc(Br)c2)CC1. The van der Waals surface area contributed by atoms with E-state index in [0.29, 0.717) is 12.1 Å². The third-order valence-corrected chi connectivity index (χ3v) is 5.50. The molecule has 0 heterocycles. The Bertz CT molecular complexity index is 828. The zero-order valence-corrected chi connectivity index (χ0v) is 17.3. The first-order chi connectivity index (χ1) is 13.1. The molecular formula is C21H25BrN4O. The first-order valence-electron chi connectivity index (χ1n) is 9.08. The standard InChI is InChI=1S/C21H25BrN4O/c1-23-19(27)16-8-6-15(7-9-16)13-25-20(24-2)26-14-21(10-11-21)17-4-3-5-18(22)12-17/h3-9,12H,10-11,13-14H2,1-2H3,(H,23,27)(H2,24,25,26). The lowest BCUT2D eigenvalue weighted by Gasteiger charge is -2.19. The van der Waals surface area contributed by atoms with Crippen molar-refractivity contribution < 1.29 is 4.79 Å². The average molecular weight is 429 g/mol. The number of carbonyl (C=O) groups is 1. The van der Waals surface area contributed by atoms with Crippen LogP contribution < -0.4 is 16.0 Å². The van der Waals surface area contributed by atoms with E-state index in [1.165, 1.54) is 18.4 Å². The van der Waals surface area contributed by atoms with Gasteiger partial charge in [-0.2, -0.15) is 0 Å². The highest BCUT2D eigenvalue weighted by Gasteiger charge is 2.44. The number of rotatable bonds is 6. The summed E-state index contributed by atoms with van der Waals surface area (Å²) in [6, 6.07) is 16.1. The van der Waals surface area contributed by atoms with Crippen molar-refractivity contribution in [2.24, 2.45) is 4.99 Å². The molecule has 1 aliphatic rings. The van der Waals surface area contributed by atoms with E-state index >= 15 is 0 Å². The molecule has 0 spiro atoms. The highest BCUT2D eigenvalue weighted by Crippen LogP contribution is 2.48. The molecule has 1 fully saturated rings. The summed E-state index contributed by atoms with van der Waals surface area (Å²) in [5.41, 5.74) is 3.33. The van der Waals surface area contributed by atoms with Crippen LogP contribution in [0.3, 0.4) is 0 Å². The van der Waals surface area contributed by atoms with Crippen LogP contribution in [-0.4, -0.2) is 32.5 Å². The molecule has 5 nitrogen and oxygen atoms in total. The number of hydrogen-bond donors (Lipinski definition) is 3. The number of amides is 1. The number of halogens is 1. The topological polar surface area (TPSA) is 65.5 Å². The van der Waals surface area contributed by atoms with Crippen LogP contribution in [0.4, 0.5) is 0 Å². The second-order valence-electron chi connectivity index (χ2n) is 6.85. The Morgan fingerprint density at radius 2 is 1.89 bits per heavy atom. The number of guanidine groups is 1. The maximum atomic E-state index is 11.6. The Morgan fingerprint density at radius 3 is 2.48 bits per heavy atom. The maximum Gasteiger partial charge on any atom is 0.251 e. The molecule has 0 aromatic heterocycles. The molecule has 3 rings (SSSR count). The molecule has 2 aromatic carbocycles. The van der Waals surface area contributed by atoms with Gasteiger partial charge in [0, 0.05) is 42.6 Å². The predicted molar refractivity (Wildman–Crippen MR) is 113 cm³/mol. The smallest absolute Gasteiger partial charge is 0.251 e. The lowest BCUT2D eigenvalue weighted by atomic mass is 9.96. The van der Waals surface area contributed by atoms with Crippen molar-refractivity contribution in [2.75, 3.05) is 20.6 Å². The minimum Gasteiger partial charge on any atom is -0.356 e. The monoisotopic (exact) mass is 428 g/mol. The molecule has 0 unspecified atom stereocenters. The summed E-state index contributed by atoms with van der Waals surface area (Å²) < 4.78 is 1.12. The average Bonchev–Trinajstić information content (AvgIpc) is 3.49. The molecule has 3 N–H and O–H groups in total. The third kappa shape index (κ3) is 4.89. The van der Waals surface area contributed by atoms with Crippen LogP contribution in [0.5, 0.6) is 0 Å². The fraction of sp³-hybridized carbons (Fsp3) is 0.333. The van der Waals surface area contributed by atoms with Gasteiger partial charge in [-0.25, -0.2) is 0 Å². The quantitative estimate of drug-likeness (QED) is 0.488. The number of hydrogen-bond acceptors (Lipinski definition) is 2. The van der Waals surface area contributed by atoms with E-state index in [0.717, 1.165) is 22.5 Å². The first-order valence-corrected chi connectivity index (χ1v) is 9.87. The summed E-state index contributed by atoms with van der Waals surface area (Å²) in [4.78, 5) is 15.9. The molecule has 1 amide bonds. The second kappa shape index (κ2) is 8.57. The third-order valence-electron chi connectivity index (χ3n) is 5.01. The van der Waals surface area contributed by atoms with E-state index in [2.05, 4.69) is 61.1 Å². The van der Waals surface area contributed by atoms with Crippen LogP contribution in [0.1, 0.15) is 34.3 Å². The molecule has 27 heavy (non-hydrogen) atoms. The minimum atomic E-state index is -0.0748. The highest BCUT2D eigenvalue weighted by molar-refractivity contribution is 9.10. The summed E-state index contributed by atoms with van der Waals surface area (Å²) in [6.45, 7) is 1.51. The molecule has 0 atom stereocenters. The van der Waals surface area contributed by atoms with Crippen LogP contribution in [0.25, 0.3) is 0 Å². The van der Waals surface area contributed by atoms with Crippen LogP contribution in [0, 0.1) is 0 Å². The summed E-state index contributed by atoms with van der Waals surface area (Å²) in [6.07, 6.45) is 2.38. The van der Waals surface area contributed by atoms with Gasteiger partial charge in [-0.15, -0.1) is 0 Å². The highest BCUT2D eigenvalue weighted by atomic mass is 79.9. The van der Waals surface area contributed by atoms with Crippen LogP contribution in [0.2, 0.25) is 0 Å². The molecule has 0 bridgehead atoms. The molecule has 0 aliphatic heterocycles. The van der Waals surface area contributed by atoms with Gasteiger partial charge in [0.2, 0.25) is 0 Å². The fourth-order valence-corrected chi connectivity index (χ4v) is 3.51. The number of nitrogens with zero attached hydrogens (tertiary/aromatic N) is 1. The van der Waals surface area contributed by atoms with E-state index in [1.807, 2.05) is 24.3 Å². The Kier molecular flexibility index (Phi) is 6.16. The Morgan fingerprint density at radius 1 is 1.15 bits per heavy atom. The zero-order valence-electron chi connectivity index (χ0n) is 15.7. The van der Waals surface area contributed by atoms with Crippen molar-refractivity contribution in [1.29, 1.82) is 0 Å². The van der Waals surface area contributed by atoms with Gasteiger partial charge in [-0.1, -0.05) is 40.2 Å². The van der Waals surface area contributed by atoms with Gasteiger partial charge in [0.25, 0.3) is 5.91 Å². The van der Waals surface area contributed by atoms with Crippen LogP contribution in [-0.2, 0) is 12.0 Å². The summed E-state index contributed by atoms with van der Waals surface area (Å²) in [5, 5.41) is 9.43. The normalized spacial score (nSPS) is 15.1. The van der Waals surface area contributed by atoms with Crippen molar-refractivity contribution in [3.8, 4) is 0 Å². The van der Waals surface area contributed by atoms with E-state index in [-0.39, 0.29) is 11.3 Å². The molecule has 1 aliphatic carbocycles. The predicted octanol–water partition coefficient (Wildman–Crippen LogP) is 3.21. The van der Waals surface area contributed by atoms with E-state index in [9.17, 15) is 4.79 Å². The summed E-state index contributed by atoms with van der Waals surface area (Å²) >= 11 is 3.56. The summed E-state index contributed by atoms with van der Waals surface area (Å²) in [7, 11) is 3.41. The van der Waals surface area contributed by atoms with Crippen molar-refractivity contribution in [1.82, 2.24) is 16.0 Å². The lowest BCUT2D eigenvalue weighted by Crippen LogP contribution is -2.40. The summed E-state index contributed by atoms with van der Waals surface area (Å²) in [5.74, 6) is 0.709. The van der Waals surface area contributed by atoms with Crippen molar-refractivity contribution >= 4 is 27.8 Å². The molecule has 142 valence electrons. The van der Waals surface area contributed by atoms with Crippen molar-refractivity contribution in [3.63, 3.8) is 0 Å². The van der Waals surface area contributed by atoms with Gasteiger partial charge in [-0.3, -0.25) is 9.79 Å². The fourth-order valence-electron chi connectivity index (χ4n) is 3.11. The molecule has 0 saturated heterocycles. The molecule has 0 radical (unpaired) electrons. The van der Waals surface area contributed by atoms with Crippen LogP contribution >= 0.6 is 15.9 Å². The molecule has 2 aromatic rings. The maximum absolute atomic E-state index is 11.6. The van der Waals surface area contributed by atoms with Crippen LogP contribution in [0.15, 0.2) is 58.0 Å². The number of benzene rings is 2. The van der Waals surface area contributed by atoms with Gasteiger partial charge in [0.15, 0.2) is 5.96 Å². The minimum absolute atomic E-state index is 0.0748. The Hall–Kier alpha value is -2.34. The molecular weight excluding hydrogens is 404 g/mol. The van der Waals surface area contributed by atoms with Crippen molar-refractivity contribution in [2.45, 2.75) is 24.8 Å². The first kappa shape index (κ1) is 19.4. The van der Waals surface area contributed by atoms with Gasteiger partial charge >= 0.3 is 0 Å². The second-order valence-corrected chi connectivity index (χ2v) is 7.76. The van der Waals surface area contributed by atoms with Gasteiger partial charge in [0.1, 0.15) is 0 Å². The van der Waals surface area contributed by atoms with E-state index in [1.54, 1.807) is 14.1 Å². The Labute approximate surface area is 168 Å². The largest absolute Gasteiger partial charge is 0.356 e. The van der Waals surface area contributed by atoms with E-state index in [4.69, 9.17) is 0 Å². The number of aliphatic imine (C=N–C) groups is 1. The van der Waals surface area contributed by atoms with Crippen molar-refractivity contribution in [3.05, 3.63) is 69.7 Å². The molecule has 6 heteroatoms. The van der Waals surface area contributed by atoms with Gasteiger partial charge < -0.3 is 16.0 Å². The molecule has 1 saturated carbocycles. The van der Waals surface area contributed by atoms with Gasteiger partial charge in [0.05, 0.1) is 0 Å². The lowest BCUT2D eigenvalue weighted by molar-refractivity contribution is 0.0963. The van der Waals surface area contributed by atoms with Gasteiger partial charge in [-0.05, 0) is 48.2 Å². The van der Waals surface area contributed by atoms with E-state index < -0.39 is 0 Å². The zero-order chi connectivity index (χ0) is 19.3. The Balaban J connectivity index is 1.53. The number of nitrogens with one attached hydrogen (secondary N) is 3. The number of carbonyl (C=O) groups excluding carboxylic acids is 1.